The molecule has 9 nitrogen and oxygen atoms in total. The molecule has 10 heteroatoms. The van der Waals surface area contributed by atoms with E-state index in [1.165, 1.54) is 10.4 Å². The van der Waals surface area contributed by atoms with Crippen LogP contribution in [0.2, 0.25) is 0 Å². The van der Waals surface area contributed by atoms with Crippen LogP contribution in [0.15, 0.2) is 59.9 Å². The Labute approximate surface area is 205 Å². The molecule has 0 atom stereocenters. The van der Waals surface area contributed by atoms with E-state index < -0.39 is 10.0 Å². The molecule has 0 aliphatic carbocycles. The maximum atomic E-state index is 13.5. The first kappa shape index (κ1) is 23.5. The highest BCUT2D eigenvalue weighted by molar-refractivity contribution is 7.89. The van der Waals surface area contributed by atoms with E-state index in [1.807, 2.05) is 6.07 Å². The largest absolute Gasteiger partial charge is 0.371 e. The molecule has 35 heavy (non-hydrogen) atoms. The van der Waals surface area contributed by atoms with Crippen molar-refractivity contribution < 1.29 is 13.2 Å². The number of amides is 1. The predicted octanol–water partition coefficient (Wildman–Crippen LogP) is 3.68. The number of benzene rings is 1. The molecule has 1 amide bonds. The van der Waals surface area contributed by atoms with Gasteiger partial charge in [-0.1, -0.05) is 6.42 Å². The number of carbonyl (C=O) groups excluding carboxylic acids is 1. The molecule has 2 aromatic heterocycles. The normalized spacial score (nSPS) is 17.3. The number of anilines is 2. The molecular weight excluding hydrogens is 464 g/mol. The molecule has 0 spiro atoms. The van der Waals surface area contributed by atoms with Gasteiger partial charge in [0.05, 0.1) is 22.3 Å². The summed E-state index contributed by atoms with van der Waals surface area (Å²) in [7, 11) is -3.66. The summed E-state index contributed by atoms with van der Waals surface area (Å²) in [6, 6.07) is 10.3. The van der Waals surface area contributed by atoms with Crippen LogP contribution in [-0.4, -0.2) is 59.6 Å². The van der Waals surface area contributed by atoms with Gasteiger partial charge in [-0.15, -0.1) is 0 Å². The monoisotopic (exact) mass is 494 g/mol. The van der Waals surface area contributed by atoms with E-state index >= 15 is 0 Å². The van der Waals surface area contributed by atoms with E-state index in [1.54, 1.807) is 47.5 Å². The van der Waals surface area contributed by atoms with Crippen molar-refractivity contribution in [3.8, 4) is 5.82 Å². The zero-order valence-electron chi connectivity index (χ0n) is 19.6. The van der Waals surface area contributed by atoms with E-state index in [2.05, 4.69) is 20.3 Å². The SMILES string of the molecule is O=C(Nc1ccc(-n2cccn2)nc1)c1cc(S(=O)(=O)N2CCCCC2)ccc1N1CCCCC1. The van der Waals surface area contributed by atoms with Gasteiger partial charge in [-0.05, 0) is 68.5 Å². The van der Waals surface area contributed by atoms with Crippen molar-refractivity contribution in [2.24, 2.45) is 0 Å². The van der Waals surface area contributed by atoms with Gasteiger partial charge >= 0.3 is 0 Å². The summed E-state index contributed by atoms with van der Waals surface area (Å²) in [6.45, 7) is 2.73. The third kappa shape index (κ3) is 5.08. The summed E-state index contributed by atoms with van der Waals surface area (Å²) in [5, 5.41) is 7.06. The van der Waals surface area contributed by atoms with Crippen LogP contribution >= 0.6 is 0 Å². The predicted molar refractivity (Wildman–Crippen MR) is 134 cm³/mol. The van der Waals surface area contributed by atoms with Crippen LogP contribution in [0.3, 0.4) is 0 Å². The molecule has 184 valence electrons. The van der Waals surface area contributed by atoms with E-state index in [-0.39, 0.29) is 10.8 Å². The van der Waals surface area contributed by atoms with Gasteiger partial charge in [0.2, 0.25) is 10.0 Å². The Bertz CT molecular complexity index is 1260. The van der Waals surface area contributed by atoms with E-state index in [4.69, 9.17) is 0 Å². The van der Waals surface area contributed by atoms with Crippen LogP contribution in [0.5, 0.6) is 0 Å². The Balaban J connectivity index is 1.44. The van der Waals surface area contributed by atoms with Gasteiger partial charge in [0.1, 0.15) is 0 Å². The van der Waals surface area contributed by atoms with Gasteiger partial charge in [-0.25, -0.2) is 18.1 Å². The van der Waals surface area contributed by atoms with Crippen molar-refractivity contribution in [1.29, 1.82) is 0 Å². The zero-order valence-corrected chi connectivity index (χ0v) is 20.5. The second kappa shape index (κ2) is 10.2. The van der Waals surface area contributed by atoms with Gasteiger partial charge in [0, 0.05) is 44.3 Å². The Morgan fingerprint density at radius 2 is 1.66 bits per heavy atom. The molecule has 0 bridgehead atoms. The van der Waals surface area contributed by atoms with Crippen molar-refractivity contribution in [2.45, 2.75) is 43.4 Å². The summed E-state index contributed by atoms with van der Waals surface area (Å²) in [4.78, 5) is 20.2. The highest BCUT2D eigenvalue weighted by atomic mass is 32.2. The van der Waals surface area contributed by atoms with Crippen LogP contribution in [0.1, 0.15) is 48.9 Å². The van der Waals surface area contributed by atoms with Gasteiger partial charge in [0.25, 0.3) is 5.91 Å². The average molecular weight is 495 g/mol. The molecule has 4 heterocycles. The Kier molecular flexibility index (Phi) is 6.83. The number of hydrogen-bond acceptors (Lipinski definition) is 6. The minimum Gasteiger partial charge on any atom is -0.371 e. The lowest BCUT2D eigenvalue weighted by Crippen LogP contribution is -2.36. The van der Waals surface area contributed by atoms with Crippen molar-refractivity contribution in [3.63, 3.8) is 0 Å². The number of nitrogens with zero attached hydrogens (tertiary/aromatic N) is 5. The maximum Gasteiger partial charge on any atom is 0.257 e. The Morgan fingerprint density at radius 1 is 0.914 bits per heavy atom. The third-order valence-corrected chi connectivity index (χ3v) is 8.50. The number of hydrogen-bond donors (Lipinski definition) is 1. The van der Waals surface area contributed by atoms with Crippen molar-refractivity contribution >= 4 is 27.3 Å². The van der Waals surface area contributed by atoms with Crippen LogP contribution in [-0.2, 0) is 10.0 Å². The van der Waals surface area contributed by atoms with Crippen LogP contribution in [0.25, 0.3) is 5.82 Å². The van der Waals surface area contributed by atoms with Crippen molar-refractivity contribution in [2.75, 3.05) is 36.4 Å². The molecule has 0 unspecified atom stereocenters. The van der Waals surface area contributed by atoms with E-state index in [0.717, 1.165) is 57.3 Å². The molecule has 3 aromatic rings. The fourth-order valence-electron chi connectivity index (χ4n) is 4.72. The molecule has 1 aromatic carbocycles. The van der Waals surface area contributed by atoms with Crippen molar-refractivity contribution in [1.82, 2.24) is 19.1 Å². The minimum absolute atomic E-state index is 0.164. The lowest BCUT2D eigenvalue weighted by Gasteiger charge is -2.31. The van der Waals surface area contributed by atoms with E-state index in [0.29, 0.717) is 30.2 Å². The summed E-state index contributed by atoms with van der Waals surface area (Å²) in [6.07, 6.45) is 11.1. The standard InChI is InChI=1S/C25H30N6O3S/c32-25(28-20-8-11-24(26-19-20)31-17-7-12-27-31)22-18-21(35(33,34)30-15-5-2-6-16-30)9-10-23(22)29-13-3-1-4-14-29/h7-12,17-19H,1-6,13-16H2,(H,28,32). The zero-order chi connectivity index (χ0) is 24.3. The molecule has 2 saturated heterocycles. The second-order valence-electron chi connectivity index (χ2n) is 9.00. The second-order valence-corrected chi connectivity index (χ2v) is 10.9. The number of carbonyl (C=O) groups is 1. The van der Waals surface area contributed by atoms with E-state index in [9.17, 15) is 13.2 Å². The highest BCUT2D eigenvalue weighted by Gasteiger charge is 2.28. The number of rotatable bonds is 6. The number of pyridine rings is 1. The highest BCUT2D eigenvalue weighted by Crippen LogP contribution is 2.30. The van der Waals surface area contributed by atoms with Crippen molar-refractivity contribution in [3.05, 3.63) is 60.6 Å². The lowest BCUT2D eigenvalue weighted by atomic mass is 10.1. The van der Waals surface area contributed by atoms with Gasteiger partial charge in [0.15, 0.2) is 5.82 Å². The third-order valence-electron chi connectivity index (χ3n) is 6.61. The fraction of sp³-hybridized carbons (Fsp3) is 0.400. The fourth-order valence-corrected chi connectivity index (χ4v) is 6.26. The first-order valence-electron chi connectivity index (χ1n) is 12.2. The van der Waals surface area contributed by atoms with Gasteiger partial charge < -0.3 is 10.2 Å². The average Bonchev–Trinajstić information content (AvgIpc) is 3.45. The minimum atomic E-state index is -3.66. The number of nitrogens with one attached hydrogen (secondary N) is 1. The summed E-state index contributed by atoms with van der Waals surface area (Å²) >= 11 is 0. The van der Waals surface area contributed by atoms with Gasteiger partial charge in [-0.3, -0.25) is 4.79 Å². The van der Waals surface area contributed by atoms with Crippen LogP contribution < -0.4 is 10.2 Å². The molecule has 2 aliphatic rings. The molecule has 2 fully saturated rings. The summed E-state index contributed by atoms with van der Waals surface area (Å²) in [5.74, 6) is 0.284. The summed E-state index contributed by atoms with van der Waals surface area (Å²) in [5.41, 5.74) is 1.65. The number of piperidine rings is 2. The Hall–Kier alpha value is -3.24. The van der Waals surface area contributed by atoms with Crippen LogP contribution in [0, 0.1) is 0 Å². The molecular formula is C25H30N6O3S. The lowest BCUT2D eigenvalue weighted by molar-refractivity contribution is 0.102. The summed E-state index contributed by atoms with van der Waals surface area (Å²) < 4.78 is 29.8. The molecule has 0 radical (unpaired) electrons. The molecule has 2 aliphatic heterocycles. The molecule has 1 N–H and O–H groups in total. The van der Waals surface area contributed by atoms with Crippen LogP contribution in [0.4, 0.5) is 11.4 Å². The van der Waals surface area contributed by atoms with Gasteiger partial charge in [-0.2, -0.15) is 9.40 Å². The first-order valence-corrected chi connectivity index (χ1v) is 13.6. The number of sulfonamides is 1. The molecule has 5 rings (SSSR count). The smallest absolute Gasteiger partial charge is 0.257 e. The quantitative estimate of drug-likeness (QED) is 0.561. The molecule has 0 saturated carbocycles. The topological polar surface area (TPSA) is 100 Å². The Morgan fingerprint density at radius 3 is 2.31 bits per heavy atom. The first-order chi connectivity index (χ1) is 17.0. The maximum absolute atomic E-state index is 13.5. The number of aromatic nitrogens is 3.